The van der Waals surface area contributed by atoms with Gasteiger partial charge in [-0.1, -0.05) is 12.7 Å². The van der Waals surface area contributed by atoms with Gasteiger partial charge in [-0.15, -0.1) is 0 Å². The van der Waals surface area contributed by atoms with E-state index >= 15 is 0 Å². The lowest BCUT2D eigenvalue weighted by Crippen LogP contribution is -2.03. The Hall–Kier alpha value is -3.48. The minimum atomic E-state index is -0.718. The minimum absolute atomic E-state index is 0.163. The molecule has 26 heavy (non-hydrogen) atoms. The highest BCUT2D eigenvalue weighted by atomic mass is 19.1. The van der Waals surface area contributed by atoms with Crippen LogP contribution in [0.1, 0.15) is 19.4 Å². The van der Waals surface area contributed by atoms with Crippen LogP contribution in [-0.2, 0) is 9.59 Å². The number of carbonyl (C=O) groups is 2. The highest BCUT2D eigenvalue weighted by Crippen LogP contribution is 2.32. The Morgan fingerprint density at radius 1 is 1.15 bits per heavy atom. The SMILES string of the molecule is C=Cc1cc(OC(C)=O)cc2nc(-c3ccc(OC(C)=O)c(F)c3)oc12. The van der Waals surface area contributed by atoms with Crippen LogP contribution in [-0.4, -0.2) is 16.9 Å². The van der Waals surface area contributed by atoms with E-state index in [9.17, 15) is 14.0 Å². The van der Waals surface area contributed by atoms with E-state index in [2.05, 4.69) is 11.6 Å². The molecule has 0 radical (unpaired) electrons. The zero-order chi connectivity index (χ0) is 18.8. The highest BCUT2D eigenvalue weighted by molar-refractivity contribution is 5.87. The van der Waals surface area contributed by atoms with Crippen molar-refractivity contribution in [1.82, 2.24) is 4.98 Å². The molecular formula is C19H14FNO5. The van der Waals surface area contributed by atoms with E-state index in [4.69, 9.17) is 13.9 Å². The molecule has 0 saturated heterocycles. The van der Waals surface area contributed by atoms with Crippen LogP contribution < -0.4 is 9.47 Å². The van der Waals surface area contributed by atoms with Gasteiger partial charge in [-0.3, -0.25) is 9.59 Å². The van der Waals surface area contributed by atoms with Gasteiger partial charge in [0.15, 0.2) is 17.1 Å². The van der Waals surface area contributed by atoms with E-state index in [1.807, 2.05) is 0 Å². The molecule has 0 amide bonds. The number of benzene rings is 2. The van der Waals surface area contributed by atoms with Gasteiger partial charge in [0.05, 0.1) is 0 Å². The summed E-state index contributed by atoms with van der Waals surface area (Å²) >= 11 is 0. The lowest BCUT2D eigenvalue weighted by Gasteiger charge is -2.03. The molecule has 0 aliphatic heterocycles. The molecule has 3 rings (SSSR count). The van der Waals surface area contributed by atoms with Crippen molar-refractivity contribution in [3.8, 4) is 23.0 Å². The monoisotopic (exact) mass is 355 g/mol. The summed E-state index contributed by atoms with van der Waals surface area (Å²) in [5.41, 5.74) is 1.79. The molecule has 6 nitrogen and oxygen atoms in total. The van der Waals surface area contributed by atoms with Crippen molar-refractivity contribution in [2.75, 3.05) is 0 Å². The van der Waals surface area contributed by atoms with Gasteiger partial charge in [0.2, 0.25) is 5.89 Å². The molecule has 132 valence electrons. The van der Waals surface area contributed by atoms with Crippen molar-refractivity contribution in [2.45, 2.75) is 13.8 Å². The van der Waals surface area contributed by atoms with Gasteiger partial charge in [0, 0.05) is 31.0 Å². The maximum atomic E-state index is 14.1. The number of hydrogen-bond acceptors (Lipinski definition) is 6. The normalized spacial score (nSPS) is 10.6. The Balaban J connectivity index is 2.06. The molecule has 1 aromatic heterocycles. The predicted octanol–water partition coefficient (Wildman–Crippen LogP) is 4.13. The van der Waals surface area contributed by atoms with Crippen LogP contribution in [0.2, 0.25) is 0 Å². The molecule has 7 heteroatoms. The number of fused-ring (bicyclic) bond motifs is 1. The maximum Gasteiger partial charge on any atom is 0.308 e. The Kier molecular flexibility index (Phi) is 4.53. The van der Waals surface area contributed by atoms with E-state index in [0.717, 1.165) is 6.07 Å². The summed E-state index contributed by atoms with van der Waals surface area (Å²) in [5, 5.41) is 0. The summed E-state index contributed by atoms with van der Waals surface area (Å²) in [6.07, 6.45) is 1.54. The van der Waals surface area contributed by atoms with Gasteiger partial charge in [-0.2, -0.15) is 0 Å². The first-order chi connectivity index (χ1) is 12.4. The quantitative estimate of drug-likeness (QED) is 0.517. The van der Waals surface area contributed by atoms with Crippen molar-refractivity contribution >= 4 is 29.1 Å². The third-order valence-electron chi connectivity index (χ3n) is 3.41. The first-order valence-corrected chi connectivity index (χ1v) is 7.61. The number of rotatable bonds is 4. The fourth-order valence-corrected chi connectivity index (χ4v) is 2.40. The lowest BCUT2D eigenvalue weighted by molar-refractivity contribution is -0.132. The fourth-order valence-electron chi connectivity index (χ4n) is 2.40. The zero-order valence-corrected chi connectivity index (χ0v) is 14.0. The summed E-state index contributed by atoms with van der Waals surface area (Å²) in [4.78, 5) is 26.4. The molecule has 0 atom stereocenters. The number of halogens is 1. The van der Waals surface area contributed by atoms with E-state index in [1.54, 1.807) is 12.1 Å². The number of carbonyl (C=O) groups excluding carboxylic acids is 2. The number of aromatic nitrogens is 1. The van der Waals surface area contributed by atoms with Crippen LogP contribution in [0.4, 0.5) is 4.39 Å². The van der Waals surface area contributed by atoms with Crippen molar-refractivity contribution in [2.24, 2.45) is 0 Å². The second-order valence-electron chi connectivity index (χ2n) is 5.42. The number of esters is 2. The topological polar surface area (TPSA) is 78.6 Å². The van der Waals surface area contributed by atoms with Crippen LogP contribution in [0.15, 0.2) is 41.3 Å². The molecule has 0 unspecified atom stereocenters. The first kappa shape index (κ1) is 17.3. The third-order valence-corrected chi connectivity index (χ3v) is 3.41. The minimum Gasteiger partial charge on any atom is -0.435 e. The molecule has 0 bridgehead atoms. The van der Waals surface area contributed by atoms with Crippen molar-refractivity contribution in [3.05, 3.63) is 48.3 Å². The predicted molar refractivity (Wildman–Crippen MR) is 92.1 cm³/mol. The number of hydrogen-bond donors (Lipinski definition) is 0. The second-order valence-corrected chi connectivity index (χ2v) is 5.42. The zero-order valence-electron chi connectivity index (χ0n) is 14.0. The van der Waals surface area contributed by atoms with Gasteiger partial charge in [-0.05, 0) is 24.3 Å². The van der Waals surface area contributed by atoms with E-state index in [1.165, 1.54) is 32.1 Å². The Morgan fingerprint density at radius 3 is 2.50 bits per heavy atom. The second kappa shape index (κ2) is 6.79. The maximum absolute atomic E-state index is 14.1. The smallest absolute Gasteiger partial charge is 0.308 e. The average Bonchev–Trinajstić information content (AvgIpc) is 2.99. The van der Waals surface area contributed by atoms with Crippen molar-refractivity contribution in [3.63, 3.8) is 0 Å². The van der Waals surface area contributed by atoms with Crippen LogP contribution in [0.5, 0.6) is 11.5 Å². The van der Waals surface area contributed by atoms with Crippen molar-refractivity contribution in [1.29, 1.82) is 0 Å². The summed E-state index contributed by atoms with van der Waals surface area (Å²) in [6.45, 7) is 6.18. The molecule has 0 aliphatic rings. The fraction of sp³-hybridized carbons (Fsp3) is 0.105. The molecule has 0 saturated carbocycles. The van der Waals surface area contributed by atoms with E-state index < -0.39 is 17.8 Å². The van der Waals surface area contributed by atoms with Crippen LogP contribution in [0, 0.1) is 5.82 Å². The summed E-state index contributed by atoms with van der Waals surface area (Å²) < 4.78 is 29.6. The molecule has 3 aromatic rings. The lowest BCUT2D eigenvalue weighted by atomic mass is 10.2. The standard InChI is InChI=1S/C19H14FNO5/c1-4-12-7-14(24-10(2)22)9-16-18(12)26-19(21-16)13-5-6-17(15(20)8-13)25-11(3)23/h4-9H,1H2,2-3H3. The summed E-state index contributed by atoms with van der Waals surface area (Å²) in [7, 11) is 0. The molecule has 1 heterocycles. The Morgan fingerprint density at radius 2 is 1.88 bits per heavy atom. The molecular weight excluding hydrogens is 341 g/mol. The average molecular weight is 355 g/mol. The number of ether oxygens (including phenoxy) is 2. The Bertz CT molecular complexity index is 1040. The van der Waals surface area contributed by atoms with E-state index in [-0.39, 0.29) is 11.6 Å². The van der Waals surface area contributed by atoms with Gasteiger partial charge in [0.25, 0.3) is 0 Å². The van der Waals surface area contributed by atoms with Crippen LogP contribution >= 0.6 is 0 Å². The van der Waals surface area contributed by atoms with Crippen LogP contribution in [0.3, 0.4) is 0 Å². The number of oxazole rings is 1. The summed E-state index contributed by atoms with van der Waals surface area (Å²) in [6, 6.07) is 7.13. The third kappa shape index (κ3) is 3.46. The van der Waals surface area contributed by atoms with Gasteiger partial charge in [-0.25, -0.2) is 9.37 Å². The Labute approximate surface area is 147 Å². The van der Waals surface area contributed by atoms with Crippen LogP contribution in [0.25, 0.3) is 28.6 Å². The molecule has 0 fully saturated rings. The van der Waals surface area contributed by atoms with Gasteiger partial charge < -0.3 is 13.9 Å². The van der Waals surface area contributed by atoms with Gasteiger partial charge in [0.1, 0.15) is 11.3 Å². The van der Waals surface area contributed by atoms with Crippen molar-refractivity contribution < 1.29 is 27.9 Å². The number of nitrogens with zero attached hydrogens (tertiary/aromatic N) is 1. The summed E-state index contributed by atoms with van der Waals surface area (Å²) in [5.74, 6) is -1.52. The molecule has 2 aromatic carbocycles. The largest absolute Gasteiger partial charge is 0.435 e. The molecule has 0 N–H and O–H groups in total. The highest BCUT2D eigenvalue weighted by Gasteiger charge is 2.15. The molecule has 0 aliphatic carbocycles. The van der Waals surface area contributed by atoms with Gasteiger partial charge >= 0.3 is 11.9 Å². The van der Waals surface area contributed by atoms with E-state index in [0.29, 0.717) is 28.0 Å². The first-order valence-electron chi connectivity index (χ1n) is 7.61. The molecule has 0 spiro atoms.